The summed E-state index contributed by atoms with van der Waals surface area (Å²) in [4.78, 5) is 16.9. The van der Waals surface area contributed by atoms with Gasteiger partial charge >= 0.3 is 0 Å². The van der Waals surface area contributed by atoms with Gasteiger partial charge in [-0.1, -0.05) is 0 Å². The summed E-state index contributed by atoms with van der Waals surface area (Å²) in [7, 11) is -3.66. The minimum Gasteiger partial charge on any atom is -0.490 e. The van der Waals surface area contributed by atoms with Gasteiger partial charge in [0, 0.05) is 43.5 Å². The second-order valence-electron chi connectivity index (χ2n) is 7.77. The first-order valence-electron chi connectivity index (χ1n) is 10.3. The summed E-state index contributed by atoms with van der Waals surface area (Å²) in [6, 6.07) is 6.79. The monoisotopic (exact) mass is 448 g/mol. The number of rotatable bonds is 3. The highest BCUT2D eigenvalue weighted by Gasteiger charge is 2.32. The molecule has 0 saturated carbocycles. The van der Waals surface area contributed by atoms with Crippen molar-refractivity contribution >= 4 is 27.3 Å². The van der Waals surface area contributed by atoms with E-state index in [0.29, 0.717) is 37.8 Å². The lowest BCUT2D eigenvalue weighted by Crippen LogP contribution is -2.50. The van der Waals surface area contributed by atoms with Gasteiger partial charge in [0.25, 0.3) is 5.91 Å². The molecule has 160 valence electrons. The Kier molecular flexibility index (Phi) is 5.20. The zero-order chi connectivity index (χ0) is 20.7. The topological polar surface area (TPSA) is 76.2 Å². The van der Waals surface area contributed by atoms with Gasteiger partial charge in [-0.3, -0.25) is 4.79 Å². The number of hydrogen-bond acceptors (Lipinski definition) is 6. The summed E-state index contributed by atoms with van der Waals surface area (Å²) >= 11 is 1.59. The summed E-state index contributed by atoms with van der Waals surface area (Å²) in [5.74, 6) is 1.06. The van der Waals surface area contributed by atoms with Crippen LogP contribution in [-0.2, 0) is 22.9 Å². The average molecular weight is 449 g/mol. The Hall–Kier alpha value is -2.10. The van der Waals surface area contributed by atoms with Crippen molar-refractivity contribution in [2.75, 3.05) is 39.4 Å². The predicted octanol–water partition coefficient (Wildman–Crippen LogP) is 2.54. The molecule has 5 rings (SSSR count). The first-order chi connectivity index (χ1) is 14.5. The number of nitrogens with zero attached hydrogens (tertiary/aromatic N) is 2. The molecule has 1 saturated heterocycles. The Morgan fingerprint density at radius 2 is 1.70 bits per heavy atom. The van der Waals surface area contributed by atoms with Crippen LogP contribution in [0.3, 0.4) is 0 Å². The van der Waals surface area contributed by atoms with Crippen LogP contribution < -0.4 is 9.47 Å². The third kappa shape index (κ3) is 3.59. The highest BCUT2D eigenvalue weighted by molar-refractivity contribution is 7.89. The van der Waals surface area contributed by atoms with Crippen molar-refractivity contribution in [3.63, 3.8) is 0 Å². The molecule has 7 nitrogen and oxygen atoms in total. The van der Waals surface area contributed by atoms with E-state index in [1.165, 1.54) is 21.2 Å². The van der Waals surface area contributed by atoms with Crippen LogP contribution in [0.4, 0.5) is 0 Å². The lowest BCUT2D eigenvalue weighted by atomic mass is 10.2. The van der Waals surface area contributed by atoms with Gasteiger partial charge in [-0.15, -0.1) is 11.3 Å². The maximum atomic E-state index is 13.1. The van der Waals surface area contributed by atoms with Crippen LogP contribution in [0.15, 0.2) is 29.2 Å². The second kappa shape index (κ2) is 7.86. The van der Waals surface area contributed by atoms with Crippen LogP contribution in [0.5, 0.6) is 11.5 Å². The van der Waals surface area contributed by atoms with Crippen molar-refractivity contribution in [3.05, 3.63) is 39.6 Å². The summed E-state index contributed by atoms with van der Waals surface area (Å²) in [5.41, 5.74) is 1.30. The van der Waals surface area contributed by atoms with Crippen molar-refractivity contribution in [1.82, 2.24) is 9.21 Å². The van der Waals surface area contributed by atoms with Gasteiger partial charge in [0.15, 0.2) is 11.5 Å². The van der Waals surface area contributed by atoms with Crippen LogP contribution in [0.2, 0.25) is 0 Å². The molecule has 0 radical (unpaired) electrons. The smallest absolute Gasteiger partial charge is 0.264 e. The van der Waals surface area contributed by atoms with Crippen LogP contribution in [0.1, 0.15) is 33.0 Å². The van der Waals surface area contributed by atoms with E-state index in [4.69, 9.17) is 9.47 Å². The fourth-order valence-electron chi connectivity index (χ4n) is 4.17. The number of amides is 1. The van der Waals surface area contributed by atoms with Gasteiger partial charge in [0.1, 0.15) is 0 Å². The van der Waals surface area contributed by atoms with Crippen molar-refractivity contribution in [3.8, 4) is 11.5 Å². The lowest BCUT2D eigenvalue weighted by Gasteiger charge is -2.33. The summed E-state index contributed by atoms with van der Waals surface area (Å²) in [6.07, 6.45) is 4.06. The van der Waals surface area contributed by atoms with E-state index >= 15 is 0 Å². The minimum atomic E-state index is -3.66. The predicted molar refractivity (Wildman–Crippen MR) is 113 cm³/mol. The fraction of sp³-hybridized carbons (Fsp3) is 0.476. The molecular formula is C21H24N2O5S2. The molecule has 1 amide bonds. The van der Waals surface area contributed by atoms with E-state index in [0.717, 1.165) is 24.1 Å². The molecule has 3 heterocycles. The van der Waals surface area contributed by atoms with Gasteiger partial charge in [-0.05, 0) is 43.0 Å². The molecule has 0 spiro atoms. The molecule has 0 atom stereocenters. The molecule has 2 aliphatic heterocycles. The molecule has 2 aromatic rings. The number of ether oxygens (including phenoxy) is 2. The number of piperazine rings is 1. The largest absolute Gasteiger partial charge is 0.490 e. The molecule has 30 heavy (non-hydrogen) atoms. The first-order valence-corrected chi connectivity index (χ1v) is 12.6. The maximum absolute atomic E-state index is 13.1. The number of thiophene rings is 1. The van der Waals surface area contributed by atoms with Crippen LogP contribution >= 0.6 is 11.3 Å². The molecule has 1 aromatic heterocycles. The molecule has 1 fully saturated rings. The minimum absolute atomic E-state index is 0.0158. The summed E-state index contributed by atoms with van der Waals surface area (Å²) < 4.78 is 38.9. The Labute approximate surface area is 180 Å². The molecule has 1 aromatic carbocycles. The van der Waals surface area contributed by atoms with Gasteiger partial charge in [0.2, 0.25) is 10.0 Å². The van der Waals surface area contributed by atoms with Crippen LogP contribution in [0.25, 0.3) is 0 Å². The van der Waals surface area contributed by atoms with E-state index in [1.54, 1.807) is 34.4 Å². The van der Waals surface area contributed by atoms with E-state index in [-0.39, 0.29) is 23.9 Å². The number of carbonyl (C=O) groups is 1. The van der Waals surface area contributed by atoms with Crippen molar-refractivity contribution < 1.29 is 22.7 Å². The van der Waals surface area contributed by atoms with Gasteiger partial charge in [0.05, 0.1) is 23.0 Å². The summed E-state index contributed by atoms with van der Waals surface area (Å²) in [6.45, 7) is 2.42. The lowest BCUT2D eigenvalue weighted by molar-refractivity contribution is 0.0702. The molecule has 0 unspecified atom stereocenters. The normalized spacial score (nSPS) is 19.4. The highest BCUT2D eigenvalue weighted by Crippen LogP contribution is 2.34. The van der Waals surface area contributed by atoms with Crippen molar-refractivity contribution in [2.45, 2.75) is 30.6 Å². The Morgan fingerprint density at radius 3 is 2.47 bits per heavy atom. The van der Waals surface area contributed by atoms with E-state index < -0.39 is 10.0 Å². The molecule has 0 bridgehead atoms. The number of carbonyl (C=O) groups excluding carboxylic acids is 1. The first kappa shape index (κ1) is 19.8. The molecule has 0 N–H and O–H groups in total. The van der Waals surface area contributed by atoms with Crippen molar-refractivity contribution in [1.29, 1.82) is 0 Å². The molecule has 9 heteroatoms. The summed E-state index contributed by atoms with van der Waals surface area (Å²) in [5, 5.41) is 0. The highest BCUT2D eigenvalue weighted by atomic mass is 32.2. The molecular weight excluding hydrogens is 424 g/mol. The van der Waals surface area contributed by atoms with Gasteiger partial charge < -0.3 is 14.4 Å². The number of benzene rings is 1. The third-order valence-electron chi connectivity index (χ3n) is 5.84. The second-order valence-corrected chi connectivity index (χ2v) is 10.8. The van der Waals surface area contributed by atoms with E-state index in [9.17, 15) is 13.2 Å². The van der Waals surface area contributed by atoms with E-state index in [2.05, 4.69) is 0 Å². The number of hydrogen-bond donors (Lipinski definition) is 0. The van der Waals surface area contributed by atoms with E-state index in [1.807, 2.05) is 6.07 Å². The number of aryl methyl sites for hydroxylation is 2. The standard InChI is InChI=1S/C21H24N2O5S2/c24-21(20-13-15-3-1-4-19(15)29-20)22-7-9-23(10-8-22)30(25,26)16-5-6-17-18(14-16)28-12-2-11-27-17/h5-6,13-14H,1-4,7-12H2. The maximum Gasteiger partial charge on any atom is 0.264 e. The number of sulfonamides is 1. The Morgan fingerprint density at radius 1 is 0.933 bits per heavy atom. The van der Waals surface area contributed by atoms with Gasteiger partial charge in [-0.25, -0.2) is 8.42 Å². The van der Waals surface area contributed by atoms with Gasteiger partial charge in [-0.2, -0.15) is 4.31 Å². The zero-order valence-electron chi connectivity index (χ0n) is 16.6. The number of fused-ring (bicyclic) bond motifs is 2. The molecule has 1 aliphatic carbocycles. The SMILES string of the molecule is O=C(c1cc2c(s1)CCC2)N1CCN(S(=O)(=O)c2ccc3c(c2)OCCCO3)CC1. The third-order valence-corrected chi connectivity index (χ3v) is 8.96. The Balaban J connectivity index is 1.27. The quantitative estimate of drug-likeness (QED) is 0.721. The fourth-order valence-corrected chi connectivity index (χ4v) is 6.83. The zero-order valence-corrected chi connectivity index (χ0v) is 18.3. The van der Waals surface area contributed by atoms with Crippen LogP contribution in [0, 0.1) is 0 Å². The average Bonchev–Trinajstić information content (AvgIpc) is 3.28. The van der Waals surface area contributed by atoms with Crippen molar-refractivity contribution in [2.24, 2.45) is 0 Å². The Bertz CT molecular complexity index is 1050. The van der Waals surface area contributed by atoms with Crippen LogP contribution in [-0.4, -0.2) is 62.9 Å². The molecule has 3 aliphatic rings.